The van der Waals surface area contributed by atoms with Crippen LogP contribution in [-0.4, -0.2) is 41.6 Å². The lowest BCUT2D eigenvalue weighted by atomic mass is 10.2. The van der Waals surface area contributed by atoms with Gasteiger partial charge in [0.05, 0.1) is 29.8 Å². The minimum Gasteiger partial charge on any atom is -0.497 e. The van der Waals surface area contributed by atoms with Crippen molar-refractivity contribution in [3.63, 3.8) is 0 Å². The van der Waals surface area contributed by atoms with Gasteiger partial charge >= 0.3 is 0 Å². The second-order valence-electron chi connectivity index (χ2n) is 7.27. The first kappa shape index (κ1) is 19.3. The highest BCUT2D eigenvalue weighted by Gasteiger charge is 2.26. The number of carbonyl (C=O) groups is 1. The van der Waals surface area contributed by atoms with Gasteiger partial charge in [-0.25, -0.2) is 4.68 Å². The summed E-state index contributed by atoms with van der Waals surface area (Å²) in [6.07, 6.45) is 1.17. The van der Waals surface area contributed by atoms with Crippen molar-refractivity contribution in [3.05, 3.63) is 42.5 Å². The summed E-state index contributed by atoms with van der Waals surface area (Å²) >= 11 is 0. The molecule has 1 N–H and O–H groups in total. The first-order valence-electron chi connectivity index (χ1n) is 9.82. The van der Waals surface area contributed by atoms with Crippen LogP contribution in [0.5, 0.6) is 11.5 Å². The molecule has 152 valence electrons. The molecule has 1 aromatic heterocycles. The maximum absolute atomic E-state index is 12.7. The van der Waals surface area contributed by atoms with E-state index < -0.39 is 6.10 Å². The first-order valence-corrected chi connectivity index (χ1v) is 9.82. The highest BCUT2D eigenvalue weighted by Crippen LogP contribution is 2.35. The fraction of sp³-hybridized carbons (Fsp3) is 0.364. The monoisotopic (exact) mass is 395 g/mol. The summed E-state index contributed by atoms with van der Waals surface area (Å²) in [5.74, 6) is 1.73. The average molecular weight is 395 g/mol. The van der Waals surface area contributed by atoms with Gasteiger partial charge in [0.2, 0.25) is 0 Å². The fourth-order valence-corrected chi connectivity index (χ4v) is 3.48. The molecular weight excluding hydrogens is 370 g/mol. The van der Waals surface area contributed by atoms with Crippen molar-refractivity contribution >= 4 is 22.6 Å². The van der Waals surface area contributed by atoms with Crippen molar-refractivity contribution in [2.24, 2.45) is 0 Å². The minimum atomic E-state index is -0.436. The van der Waals surface area contributed by atoms with Crippen LogP contribution in [0.1, 0.15) is 26.7 Å². The number of rotatable bonds is 6. The van der Waals surface area contributed by atoms with E-state index in [2.05, 4.69) is 5.32 Å². The lowest BCUT2D eigenvalue weighted by Crippen LogP contribution is -2.27. The molecule has 0 saturated carbocycles. The molecule has 29 heavy (non-hydrogen) atoms. The summed E-state index contributed by atoms with van der Waals surface area (Å²) in [7, 11) is 1.63. The number of nitrogens with zero attached hydrogens (tertiary/aromatic N) is 2. The molecule has 7 nitrogen and oxygen atoms in total. The van der Waals surface area contributed by atoms with E-state index in [0.29, 0.717) is 18.2 Å². The minimum absolute atomic E-state index is 0.00773. The van der Waals surface area contributed by atoms with Gasteiger partial charge in [-0.1, -0.05) is 6.07 Å². The Labute approximate surface area is 169 Å². The zero-order chi connectivity index (χ0) is 20.4. The maximum Gasteiger partial charge on any atom is 0.254 e. The molecule has 1 fully saturated rings. The second kappa shape index (κ2) is 8.13. The van der Waals surface area contributed by atoms with Crippen molar-refractivity contribution < 1.29 is 19.0 Å². The highest BCUT2D eigenvalue weighted by atomic mass is 16.5. The normalized spacial score (nSPS) is 16.3. The van der Waals surface area contributed by atoms with Crippen molar-refractivity contribution in [2.45, 2.75) is 38.9 Å². The predicted molar refractivity (Wildman–Crippen MR) is 111 cm³/mol. The summed E-state index contributed by atoms with van der Waals surface area (Å²) in [5.41, 5.74) is 1.70. The third-order valence-electron chi connectivity index (χ3n) is 4.81. The molecule has 1 aliphatic heterocycles. The van der Waals surface area contributed by atoms with Gasteiger partial charge in [0, 0.05) is 6.61 Å². The Morgan fingerprint density at radius 2 is 2.03 bits per heavy atom. The highest BCUT2D eigenvalue weighted by molar-refractivity contribution is 6.04. The van der Waals surface area contributed by atoms with Crippen LogP contribution in [0.15, 0.2) is 42.5 Å². The van der Waals surface area contributed by atoms with E-state index in [9.17, 15) is 4.79 Å². The summed E-state index contributed by atoms with van der Waals surface area (Å²) < 4.78 is 18.6. The van der Waals surface area contributed by atoms with Crippen molar-refractivity contribution in [2.75, 3.05) is 19.0 Å². The molecule has 7 heteroatoms. The number of hydrogen-bond donors (Lipinski definition) is 1. The third-order valence-corrected chi connectivity index (χ3v) is 4.81. The van der Waals surface area contributed by atoms with Gasteiger partial charge in [0.1, 0.15) is 17.6 Å². The molecule has 1 amide bonds. The van der Waals surface area contributed by atoms with Gasteiger partial charge in [-0.15, -0.1) is 5.10 Å². The van der Waals surface area contributed by atoms with E-state index >= 15 is 0 Å². The summed E-state index contributed by atoms with van der Waals surface area (Å²) in [6.45, 7) is 4.55. The van der Waals surface area contributed by atoms with E-state index in [-0.39, 0.29) is 12.0 Å². The molecule has 0 aliphatic carbocycles. The fourth-order valence-electron chi connectivity index (χ4n) is 3.48. The van der Waals surface area contributed by atoms with Gasteiger partial charge < -0.3 is 19.5 Å². The lowest BCUT2D eigenvalue weighted by Gasteiger charge is -2.12. The van der Waals surface area contributed by atoms with Gasteiger partial charge in [-0.2, -0.15) is 0 Å². The number of benzene rings is 2. The smallest absolute Gasteiger partial charge is 0.254 e. The predicted octanol–water partition coefficient (Wildman–Crippen LogP) is 3.94. The molecule has 1 atom stereocenters. The number of ether oxygens (including phenoxy) is 3. The van der Waals surface area contributed by atoms with Crippen LogP contribution >= 0.6 is 0 Å². The van der Waals surface area contributed by atoms with Crippen LogP contribution < -0.4 is 14.8 Å². The Morgan fingerprint density at radius 1 is 1.24 bits per heavy atom. The number of aromatic nitrogens is 2. The molecule has 0 spiro atoms. The molecule has 3 aromatic rings. The second-order valence-corrected chi connectivity index (χ2v) is 7.27. The number of fused-ring (bicyclic) bond motifs is 1. The molecule has 0 bridgehead atoms. The van der Waals surface area contributed by atoms with E-state index in [1.165, 1.54) is 0 Å². The van der Waals surface area contributed by atoms with E-state index in [1.54, 1.807) is 11.8 Å². The summed E-state index contributed by atoms with van der Waals surface area (Å²) in [4.78, 5) is 12.7. The van der Waals surface area contributed by atoms with Gasteiger partial charge in [0.15, 0.2) is 5.82 Å². The Bertz CT molecular complexity index is 1000. The maximum atomic E-state index is 12.7. The molecule has 4 rings (SSSR count). The Balaban J connectivity index is 1.80. The van der Waals surface area contributed by atoms with Crippen LogP contribution in [0.3, 0.4) is 0 Å². The molecule has 1 aliphatic rings. The van der Waals surface area contributed by atoms with Crippen LogP contribution in [-0.2, 0) is 9.53 Å². The molecule has 2 aromatic carbocycles. The average Bonchev–Trinajstić information content (AvgIpc) is 3.37. The lowest BCUT2D eigenvalue weighted by molar-refractivity contribution is -0.124. The van der Waals surface area contributed by atoms with Crippen molar-refractivity contribution in [1.29, 1.82) is 0 Å². The van der Waals surface area contributed by atoms with E-state index in [4.69, 9.17) is 19.3 Å². The van der Waals surface area contributed by atoms with Crippen LogP contribution in [0.4, 0.5) is 5.82 Å². The number of hydrogen-bond acceptors (Lipinski definition) is 5. The quantitative estimate of drug-likeness (QED) is 0.684. The number of methoxy groups -OCH3 is 1. The first-order chi connectivity index (χ1) is 14.1. The summed E-state index contributed by atoms with van der Waals surface area (Å²) in [5, 5.41) is 8.42. The summed E-state index contributed by atoms with van der Waals surface area (Å²) in [6, 6.07) is 13.4. The van der Waals surface area contributed by atoms with Crippen LogP contribution in [0, 0.1) is 0 Å². The molecule has 1 unspecified atom stereocenters. The molecule has 0 radical (unpaired) electrons. The molecule has 1 saturated heterocycles. The molecule has 2 heterocycles. The Hall–Kier alpha value is -3.06. The number of carbonyl (C=O) groups excluding carboxylic acids is 1. The van der Waals surface area contributed by atoms with E-state index in [0.717, 1.165) is 35.2 Å². The van der Waals surface area contributed by atoms with Gasteiger partial charge in [-0.05, 0) is 63.1 Å². The SMILES string of the molecule is COc1ccc(-n2nc(NC(=O)C3CCCO3)c3c(OC(C)C)cccc32)cc1. The Kier molecular flexibility index (Phi) is 5.40. The topological polar surface area (TPSA) is 74.6 Å². The van der Waals surface area contributed by atoms with Gasteiger partial charge in [0.25, 0.3) is 5.91 Å². The number of anilines is 1. The van der Waals surface area contributed by atoms with Crippen LogP contribution in [0.25, 0.3) is 16.6 Å². The van der Waals surface area contributed by atoms with Crippen molar-refractivity contribution in [3.8, 4) is 17.2 Å². The van der Waals surface area contributed by atoms with E-state index in [1.807, 2.05) is 56.3 Å². The zero-order valence-electron chi connectivity index (χ0n) is 16.8. The number of nitrogens with one attached hydrogen (secondary N) is 1. The van der Waals surface area contributed by atoms with Crippen LogP contribution in [0.2, 0.25) is 0 Å². The number of amides is 1. The third kappa shape index (κ3) is 3.91. The largest absolute Gasteiger partial charge is 0.497 e. The standard InChI is InChI=1S/C22H25N3O4/c1-14(2)29-18-7-4-6-17-20(18)21(23-22(26)19-8-5-13-28-19)24-25(17)15-9-11-16(27-3)12-10-15/h4,6-7,9-12,14,19H,5,8,13H2,1-3H3,(H,23,24,26). The van der Waals surface area contributed by atoms with Gasteiger partial charge in [-0.3, -0.25) is 4.79 Å². The molecular formula is C22H25N3O4. The zero-order valence-corrected chi connectivity index (χ0v) is 16.8. The van der Waals surface area contributed by atoms with Crippen molar-refractivity contribution in [1.82, 2.24) is 9.78 Å². The Morgan fingerprint density at radius 3 is 2.69 bits per heavy atom.